The maximum absolute atomic E-state index is 13.5. The summed E-state index contributed by atoms with van der Waals surface area (Å²) >= 11 is 12.8. The molecule has 0 aliphatic carbocycles. The van der Waals surface area contributed by atoms with E-state index in [0.29, 0.717) is 55.8 Å². The second-order valence-electron chi connectivity index (χ2n) is 7.13. The topological polar surface area (TPSA) is 65.6 Å². The van der Waals surface area contributed by atoms with Gasteiger partial charge in [-0.15, -0.1) is 0 Å². The van der Waals surface area contributed by atoms with Crippen molar-refractivity contribution in [1.82, 2.24) is 24.1 Å². The molecule has 0 aliphatic heterocycles. The van der Waals surface area contributed by atoms with E-state index in [0.717, 1.165) is 11.9 Å². The number of aromatic nitrogens is 5. The molecule has 0 atom stereocenters. The van der Waals surface area contributed by atoms with E-state index >= 15 is 0 Å². The van der Waals surface area contributed by atoms with Gasteiger partial charge in [-0.25, -0.2) is 15.0 Å². The van der Waals surface area contributed by atoms with Crippen LogP contribution in [-0.2, 0) is 6.54 Å². The highest BCUT2D eigenvalue weighted by atomic mass is 35.5. The molecule has 0 amide bonds. The standard InChI is InChI=1S/C22H17Cl2N5O/c1-3-10-28-12(2)25-20-18(22(28)30)19-21(27-16-7-5-4-6-15(16)26-19)29(20)17-11-13(23)8-9-14(17)24/h4-9,11H,3,10H2,1-2H3. The molecular formula is C22H17Cl2N5O. The Labute approximate surface area is 181 Å². The van der Waals surface area contributed by atoms with Gasteiger partial charge < -0.3 is 0 Å². The Bertz CT molecular complexity index is 1520. The lowest BCUT2D eigenvalue weighted by Crippen LogP contribution is -2.24. The van der Waals surface area contributed by atoms with Crippen LogP contribution in [0.2, 0.25) is 10.0 Å². The van der Waals surface area contributed by atoms with Crippen LogP contribution in [0.4, 0.5) is 0 Å². The van der Waals surface area contributed by atoms with Crippen molar-refractivity contribution in [3.8, 4) is 5.69 Å². The van der Waals surface area contributed by atoms with Crippen LogP contribution in [0.3, 0.4) is 0 Å². The fraction of sp³-hybridized carbons (Fsp3) is 0.182. The van der Waals surface area contributed by atoms with Crippen molar-refractivity contribution in [2.75, 3.05) is 0 Å². The predicted molar refractivity (Wildman–Crippen MR) is 121 cm³/mol. The lowest BCUT2D eigenvalue weighted by atomic mass is 10.3. The van der Waals surface area contributed by atoms with Gasteiger partial charge in [-0.05, 0) is 43.7 Å². The van der Waals surface area contributed by atoms with Crippen LogP contribution < -0.4 is 5.56 Å². The van der Waals surface area contributed by atoms with Crippen molar-refractivity contribution in [2.24, 2.45) is 0 Å². The molecule has 0 unspecified atom stereocenters. The number of para-hydroxylation sites is 2. The fourth-order valence-electron chi connectivity index (χ4n) is 3.80. The highest BCUT2D eigenvalue weighted by Gasteiger charge is 2.23. The molecule has 5 rings (SSSR count). The molecule has 2 aromatic carbocycles. The van der Waals surface area contributed by atoms with Gasteiger partial charge in [-0.2, -0.15) is 0 Å². The van der Waals surface area contributed by atoms with E-state index in [1.807, 2.05) is 38.1 Å². The molecule has 3 aromatic heterocycles. The van der Waals surface area contributed by atoms with Crippen molar-refractivity contribution >= 4 is 56.4 Å². The zero-order chi connectivity index (χ0) is 21.0. The summed E-state index contributed by atoms with van der Waals surface area (Å²) in [7, 11) is 0. The lowest BCUT2D eigenvalue weighted by Gasteiger charge is -2.11. The molecule has 0 aliphatic rings. The first-order valence-electron chi connectivity index (χ1n) is 9.63. The Balaban J connectivity index is 2.05. The molecule has 3 heterocycles. The first-order chi connectivity index (χ1) is 14.5. The van der Waals surface area contributed by atoms with E-state index in [1.165, 1.54) is 0 Å². The molecule has 30 heavy (non-hydrogen) atoms. The minimum Gasteiger partial charge on any atom is -0.296 e. The third-order valence-electron chi connectivity index (χ3n) is 5.15. The first-order valence-corrected chi connectivity index (χ1v) is 10.4. The smallest absolute Gasteiger partial charge is 0.265 e. The Morgan fingerprint density at radius 3 is 2.43 bits per heavy atom. The van der Waals surface area contributed by atoms with E-state index in [-0.39, 0.29) is 5.56 Å². The molecule has 150 valence electrons. The summed E-state index contributed by atoms with van der Waals surface area (Å²) in [6.07, 6.45) is 0.821. The number of hydrogen-bond donors (Lipinski definition) is 0. The Kier molecular flexibility index (Phi) is 4.49. The number of fused-ring (bicyclic) bond motifs is 4. The molecule has 5 aromatic rings. The van der Waals surface area contributed by atoms with Crippen molar-refractivity contribution in [3.63, 3.8) is 0 Å². The van der Waals surface area contributed by atoms with Gasteiger partial charge in [0, 0.05) is 11.6 Å². The second kappa shape index (κ2) is 7.07. The van der Waals surface area contributed by atoms with Crippen LogP contribution in [0.5, 0.6) is 0 Å². The molecule has 0 radical (unpaired) electrons. The van der Waals surface area contributed by atoms with Gasteiger partial charge in [0.15, 0.2) is 11.3 Å². The van der Waals surface area contributed by atoms with Crippen LogP contribution in [-0.4, -0.2) is 24.1 Å². The van der Waals surface area contributed by atoms with Crippen molar-refractivity contribution in [3.05, 3.63) is 68.7 Å². The Morgan fingerprint density at radius 1 is 0.967 bits per heavy atom. The number of nitrogens with zero attached hydrogens (tertiary/aromatic N) is 5. The van der Waals surface area contributed by atoms with Crippen molar-refractivity contribution in [2.45, 2.75) is 26.8 Å². The number of hydrogen-bond acceptors (Lipinski definition) is 4. The van der Waals surface area contributed by atoms with Gasteiger partial charge >= 0.3 is 0 Å². The molecule has 0 saturated carbocycles. The van der Waals surface area contributed by atoms with Crippen LogP contribution in [0.1, 0.15) is 19.2 Å². The van der Waals surface area contributed by atoms with Crippen LogP contribution >= 0.6 is 23.2 Å². The van der Waals surface area contributed by atoms with Gasteiger partial charge in [0.25, 0.3) is 5.56 Å². The van der Waals surface area contributed by atoms with E-state index in [2.05, 4.69) is 0 Å². The zero-order valence-corrected chi connectivity index (χ0v) is 17.9. The Morgan fingerprint density at radius 2 is 1.70 bits per heavy atom. The molecule has 0 N–H and O–H groups in total. The molecule has 0 saturated heterocycles. The van der Waals surface area contributed by atoms with Crippen LogP contribution in [0, 0.1) is 6.92 Å². The summed E-state index contributed by atoms with van der Waals surface area (Å²) in [5, 5.41) is 1.43. The van der Waals surface area contributed by atoms with E-state index in [4.69, 9.17) is 38.2 Å². The number of benzene rings is 2. The largest absolute Gasteiger partial charge is 0.296 e. The molecule has 6 nitrogen and oxygen atoms in total. The van der Waals surface area contributed by atoms with Crippen molar-refractivity contribution < 1.29 is 0 Å². The quantitative estimate of drug-likeness (QED) is 0.383. The van der Waals surface area contributed by atoms with Gasteiger partial charge in [-0.3, -0.25) is 13.9 Å². The number of rotatable bonds is 3. The van der Waals surface area contributed by atoms with Crippen LogP contribution in [0.25, 0.3) is 38.9 Å². The van der Waals surface area contributed by atoms with Gasteiger partial charge in [0.05, 0.1) is 21.7 Å². The lowest BCUT2D eigenvalue weighted by molar-refractivity contribution is 0.624. The summed E-state index contributed by atoms with van der Waals surface area (Å²) in [6.45, 7) is 4.44. The maximum Gasteiger partial charge on any atom is 0.265 e. The third kappa shape index (κ3) is 2.79. The van der Waals surface area contributed by atoms with Gasteiger partial charge in [0.2, 0.25) is 0 Å². The molecule has 0 fully saturated rings. The highest BCUT2D eigenvalue weighted by Crippen LogP contribution is 2.33. The minimum absolute atomic E-state index is 0.133. The average Bonchev–Trinajstić information content (AvgIpc) is 3.04. The SMILES string of the molecule is CCCn1c(C)nc2c(c1=O)c1nc3ccccc3nc1n2-c1cc(Cl)ccc1Cl. The monoisotopic (exact) mass is 437 g/mol. The molecular weight excluding hydrogens is 421 g/mol. The van der Waals surface area contributed by atoms with E-state index in [9.17, 15) is 4.79 Å². The first kappa shape index (κ1) is 19.0. The fourth-order valence-corrected chi connectivity index (χ4v) is 4.17. The molecule has 8 heteroatoms. The molecule has 0 spiro atoms. The summed E-state index contributed by atoms with van der Waals surface area (Å²) in [4.78, 5) is 27.8. The van der Waals surface area contributed by atoms with E-state index in [1.54, 1.807) is 27.3 Å². The normalized spacial score (nSPS) is 11.7. The Hall–Kier alpha value is -2.96. The summed E-state index contributed by atoms with van der Waals surface area (Å²) in [6, 6.07) is 12.7. The number of halogens is 2. The predicted octanol–water partition coefficient (Wildman–Crippen LogP) is 5.31. The van der Waals surface area contributed by atoms with Gasteiger partial charge in [-0.1, -0.05) is 42.3 Å². The second-order valence-corrected chi connectivity index (χ2v) is 7.97. The highest BCUT2D eigenvalue weighted by molar-refractivity contribution is 6.34. The third-order valence-corrected chi connectivity index (χ3v) is 5.70. The summed E-state index contributed by atoms with van der Waals surface area (Å²) < 4.78 is 3.46. The van der Waals surface area contributed by atoms with Crippen molar-refractivity contribution in [1.29, 1.82) is 0 Å². The minimum atomic E-state index is -0.133. The summed E-state index contributed by atoms with van der Waals surface area (Å²) in [5.74, 6) is 0.626. The number of aryl methyl sites for hydroxylation is 1. The molecule has 0 bridgehead atoms. The van der Waals surface area contributed by atoms with Gasteiger partial charge in [0.1, 0.15) is 16.7 Å². The average molecular weight is 438 g/mol. The zero-order valence-electron chi connectivity index (χ0n) is 16.4. The van der Waals surface area contributed by atoms with Crippen LogP contribution in [0.15, 0.2) is 47.3 Å². The van der Waals surface area contributed by atoms with E-state index < -0.39 is 0 Å². The maximum atomic E-state index is 13.5. The summed E-state index contributed by atoms with van der Waals surface area (Å²) in [5.41, 5.74) is 3.40.